The average molecular weight is 257 g/mol. The molecule has 19 heavy (non-hydrogen) atoms. The maximum absolute atomic E-state index is 8.95. The molecule has 0 amide bonds. The van der Waals surface area contributed by atoms with E-state index in [0.29, 0.717) is 6.42 Å². The largest absolute Gasteiger partial charge is 0.496 e. The smallest absolute Gasteiger partial charge is 0.127 e. The fraction of sp³-hybridized carbons (Fsp3) is 0.250. The molecule has 3 N–H and O–H groups in total. The van der Waals surface area contributed by atoms with Gasteiger partial charge < -0.3 is 15.6 Å². The van der Waals surface area contributed by atoms with Crippen molar-refractivity contribution in [2.75, 3.05) is 13.7 Å². The molecule has 0 aromatic heterocycles. The summed E-state index contributed by atoms with van der Waals surface area (Å²) in [6, 6.07) is 15.9. The predicted octanol–water partition coefficient (Wildman–Crippen LogP) is 2.74. The predicted molar refractivity (Wildman–Crippen MR) is 77.1 cm³/mol. The van der Waals surface area contributed by atoms with Crippen molar-refractivity contribution in [1.82, 2.24) is 0 Å². The van der Waals surface area contributed by atoms with Crippen molar-refractivity contribution in [2.24, 2.45) is 5.73 Å². The maximum Gasteiger partial charge on any atom is 0.127 e. The van der Waals surface area contributed by atoms with E-state index in [2.05, 4.69) is 0 Å². The Balaban J connectivity index is 2.37. The first kappa shape index (κ1) is 13.6. The zero-order valence-electron chi connectivity index (χ0n) is 11.0. The number of methoxy groups -OCH3 is 1. The summed E-state index contributed by atoms with van der Waals surface area (Å²) in [5.41, 5.74) is 9.14. The molecule has 2 aromatic carbocycles. The highest BCUT2D eigenvalue weighted by atomic mass is 16.5. The molecule has 0 bridgehead atoms. The Morgan fingerprint density at radius 2 is 1.89 bits per heavy atom. The standard InChI is InChI=1S/C16H19NO2/c1-19-16-11-13(15(17)9-10-18)7-8-14(16)12-5-3-2-4-6-12/h2-8,11,15,18H,9-10,17H2,1H3. The molecule has 0 saturated carbocycles. The highest BCUT2D eigenvalue weighted by Gasteiger charge is 2.10. The molecule has 0 spiro atoms. The Bertz CT molecular complexity index is 526. The molecule has 0 aliphatic carbocycles. The van der Waals surface area contributed by atoms with Gasteiger partial charge in [-0.25, -0.2) is 0 Å². The van der Waals surface area contributed by atoms with E-state index in [1.54, 1.807) is 7.11 Å². The minimum atomic E-state index is -0.163. The van der Waals surface area contributed by atoms with Crippen molar-refractivity contribution in [3.05, 3.63) is 54.1 Å². The Kier molecular flexibility index (Phi) is 4.55. The van der Waals surface area contributed by atoms with E-state index in [9.17, 15) is 0 Å². The van der Waals surface area contributed by atoms with Crippen LogP contribution in [0.2, 0.25) is 0 Å². The van der Waals surface area contributed by atoms with Gasteiger partial charge in [0.2, 0.25) is 0 Å². The first-order valence-electron chi connectivity index (χ1n) is 6.36. The van der Waals surface area contributed by atoms with Gasteiger partial charge in [0.15, 0.2) is 0 Å². The maximum atomic E-state index is 8.95. The number of aliphatic hydroxyl groups excluding tert-OH is 1. The molecule has 1 unspecified atom stereocenters. The van der Waals surface area contributed by atoms with Gasteiger partial charge in [-0.15, -0.1) is 0 Å². The van der Waals surface area contributed by atoms with Crippen LogP contribution in [0.5, 0.6) is 5.75 Å². The van der Waals surface area contributed by atoms with E-state index < -0.39 is 0 Å². The zero-order chi connectivity index (χ0) is 13.7. The summed E-state index contributed by atoms with van der Waals surface area (Å²) < 4.78 is 5.45. The molecule has 0 fully saturated rings. The van der Waals surface area contributed by atoms with Gasteiger partial charge in [0.25, 0.3) is 0 Å². The van der Waals surface area contributed by atoms with E-state index >= 15 is 0 Å². The first-order chi connectivity index (χ1) is 9.26. The lowest BCUT2D eigenvalue weighted by Crippen LogP contribution is -2.12. The molecule has 0 radical (unpaired) electrons. The van der Waals surface area contributed by atoms with Crippen LogP contribution in [-0.4, -0.2) is 18.8 Å². The van der Waals surface area contributed by atoms with Gasteiger partial charge in [0, 0.05) is 18.2 Å². The number of ether oxygens (including phenoxy) is 1. The fourth-order valence-electron chi connectivity index (χ4n) is 2.10. The molecular weight excluding hydrogens is 238 g/mol. The van der Waals surface area contributed by atoms with Crippen LogP contribution in [0.4, 0.5) is 0 Å². The Labute approximate surface area is 113 Å². The summed E-state index contributed by atoms with van der Waals surface area (Å²) in [6.45, 7) is 0.0872. The number of rotatable bonds is 5. The Hall–Kier alpha value is -1.84. The molecule has 100 valence electrons. The normalized spacial score (nSPS) is 12.2. The Morgan fingerprint density at radius 1 is 1.16 bits per heavy atom. The third kappa shape index (κ3) is 3.13. The van der Waals surface area contributed by atoms with Gasteiger partial charge in [-0.05, 0) is 23.6 Å². The lowest BCUT2D eigenvalue weighted by atomic mass is 9.98. The molecular formula is C16H19NO2. The van der Waals surface area contributed by atoms with Crippen LogP contribution >= 0.6 is 0 Å². The van der Waals surface area contributed by atoms with Crippen LogP contribution < -0.4 is 10.5 Å². The van der Waals surface area contributed by atoms with E-state index in [-0.39, 0.29) is 12.6 Å². The third-order valence-corrected chi connectivity index (χ3v) is 3.18. The summed E-state index contributed by atoms with van der Waals surface area (Å²) in [4.78, 5) is 0. The molecule has 3 heteroatoms. The van der Waals surface area contributed by atoms with Crippen LogP contribution in [0.3, 0.4) is 0 Å². The summed E-state index contributed by atoms with van der Waals surface area (Å²) in [5, 5.41) is 8.95. The highest BCUT2D eigenvalue weighted by molar-refractivity contribution is 5.70. The lowest BCUT2D eigenvalue weighted by molar-refractivity contribution is 0.276. The summed E-state index contributed by atoms with van der Waals surface area (Å²) in [5.74, 6) is 0.803. The van der Waals surface area contributed by atoms with Crippen LogP contribution in [0.25, 0.3) is 11.1 Å². The number of benzene rings is 2. The van der Waals surface area contributed by atoms with E-state index in [1.165, 1.54) is 0 Å². The summed E-state index contributed by atoms with van der Waals surface area (Å²) >= 11 is 0. The van der Waals surface area contributed by atoms with Crippen molar-refractivity contribution in [1.29, 1.82) is 0 Å². The van der Waals surface area contributed by atoms with Crippen LogP contribution in [0.15, 0.2) is 48.5 Å². The van der Waals surface area contributed by atoms with Crippen LogP contribution in [-0.2, 0) is 0 Å². The minimum Gasteiger partial charge on any atom is -0.496 e. The molecule has 2 rings (SSSR count). The van der Waals surface area contributed by atoms with Crippen molar-refractivity contribution in [2.45, 2.75) is 12.5 Å². The van der Waals surface area contributed by atoms with Gasteiger partial charge >= 0.3 is 0 Å². The monoisotopic (exact) mass is 257 g/mol. The van der Waals surface area contributed by atoms with Crippen molar-refractivity contribution >= 4 is 0 Å². The molecule has 1 atom stereocenters. The number of aliphatic hydroxyl groups is 1. The number of hydrogen-bond acceptors (Lipinski definition) is 3. The topological polar surface area (TPSA) is 55.5 Å². The van der Waals surface area contributed by atoms with Crippen molar-refractivity contribution in [3.63, 3.8) is 0 Å². The molecule has 0 saturated heterocycles. The van der Waals surface area contributed by atoms with Crippen LogP contribution in [0.1, 0.15) is 18.0 Å². The van der Waals surface area contributed by atoms with Gasteiger partial charge in [-0.2, -0.15) is 0 Å². The Morgan fingerprint density at radius 3 is 2.53 bits per heavy atom. The fourth-order valence-corrected chi connectivity index (χ4v) is 2.10. The lowest BCUT2D eigenvalue weighted by Gasteiger charge is -2.15. The van der Waals surface area contributed by atoms with Gasteiger partial charge in [0.1, 0.15) is 5.75 Å². The van der Waals surface area contributed by atoms with Crippen LogP contribution in [0, 0.1) is 0 Å². The van der Waals surface area contributed by atoms with Gasteiger partial charge in [-0.3, -0.25) is 0 Å². The molecule has 0 heterocycles. The average Bonchev–Trinajstić information content (AvgIpc) is 2.47. The second-order valence-corrected chi connectivity index (χ2v) is 4.44. The van der Waals surface area contributed by atoms with Gasteiger partial charge in [-0.1, -0.05) is 42.5 Å². The SMILES string of the molecule is COc1cc(C(N)CCO)ccc1-c1ccccc1. The molecule has 3 nitrogen and oxygen atoms in total. The quantitative estimate of drug-likeness (QED) is 0.866. The van der Waals surface area contributed by atoms with E-state index in [0.717, 1.165) is 22.4 Å². The van der Waals surface area contributed by atoms with Crippen molar-refractivity contribution in [3.8, 4) is 16.9 Å². The second kappa shape index (κ2) is 6.36. The van der Waals surface area contributed by atoms with E-state index in [1.807, 2.05) is 48.5 Å². The van der Waals surface area contributed by atoms with Crippen molar-refractivity contribution < 1.29 is 9.84 Å². The highest BCUT2D eigenvalue weighted by Crippen LogP contribution is 2.32. The number of nitrogens with two attached hydrogens (primary N) is 1. The molecule has 2 aromatic rings. The summed E-state index contributed by atoms with van der Waals surface area (Å²) in [6.07, 6.45) is 0.549. The third-order valence-electron chi connectivity index (χ3n) is 3.18. The minimum absolute atomic E-state index is 0.0872. The zero-order valence-corrected chi connectivity index (χ0v) is 11.0. The molecule has 0 aliphatic heterocycles. The number of hydrogen-bond donors (Lipinski definition) is 2. The molecule has 0 aliphatic rings. The summed E-state index contributed by atoms with van der Waals surface area (Å²) in [7, 11) is 1.66. The van der Waals surface area contributed by atoms with Gasteiger partial charge in [0.05, 0.1) is 7.11 Å². The second-order valence-electron chi connectivity index (χ2n) is 4.44. The van der Waals surface area contributed by atoms with E-state index in [4.69, 9.17) is 15.6 Å². The first-order valence-corrected chi connectivity index (χ1v) is 6.36.